The lowest BCUT2D eigenvalue weighted by molar-refractivity contribution is -0.127. The number of amides is 1. The van der Waals surface area contributed by atoms with Crippen molar-refractivity contribution in [1.82, 2.24) is 9.88 Å². The molecule has 1 amide bonds. The van der Waals surface area contributed by atoms with Crippen LogP contribution in [0.5, 0.6) is 0 Å². The summed E-state index contributed by atoms with van der Waals surface area (Å²) in [7, 11) is 1.79. The molecule has 0 N–H and O–H groups in total. The number of hydrogen-bond donors (Lipinski definition) is 0. The van der Waals surface area contributed by atoms with Crippen molar-refractivity contribution >= 4 is 12.0 Å². The van der Waals surface area contributed by atoms with Gasteiger partial charge in [0.25, 0.3) is 0 Å². The van der Waals surface area contributed by atoms with Gasteiger partial charge in [-0.05, 0) is 36.3 Å². The lowest BCUT2D eigenvalue weighted by Gasteiger charge is -2.26. The molecule has 0 radical (unpaired) electrons. The van der Waals surface area contributed by atoms with Crippen molar-refractivity contribution in [2.24, 2.45) is 0 Å². The molecule has 122 valence electrons. The van der Waals surface area contributed by atoms with Crippen molar-refractivity contribution in [3.05, 3.63) is 71.6 Å². The summed E-state index contributed by atoms with van der Waals surface area (Å²) in [5.74, 6) is -0.105. The van der Waals surface area contributed by atoms with Crippen molar-refractivity contribution in [3.8, 4) is 6.07 Å². The van der Waals surface area contributed by atoms with Crippen LogP contribution in [-0.2, 0) is 4.79 Å². The molecule has 2 aromatic rings. The first-order valence-corrected chi connectivity index (χ1v) is 8.02. The highest BCUT2D eigenvalue weighted by atomic mass is 16.2. The van der Waals surface area contributed by atoms with Crippen LogP contribution in [0, 0.1) is 11.3 Å². The molecule has 0 aliphatic carbocycles. The van der Waals surface area contributed by atoms with Gasteiger partial charge in [-0.1, -0.05) is 37.6 Å². The minimum atomic E-state index is -0.105. The van der Waals surface area contributed by atoms with Gasteiger partial charge in [0.05, 0.1) is 23.4 Å². The van der Waals surface area contributed by atoms with Crippen LogP contribution in [0.4, 0.5) is 0 Å². The van der Waals surface area contributed by atoms with Crippen LogP contribution in [0.3, 0.4) is 0 Å². The summed E-state index contributed by atoms with van der Waals surface area (Å²) in [6, 6.07) is 15.0. The van der Waals surface area contributed by atoms with E-state index in [0.717, 1.165) is 24.1 Å². The lowest BCUT2D eigenvalue weighted by Crippen LogP contribution is -2.30. The second kappa shape index (κ2) is 8.64. The highest BCUT2D eigenvalue weighted by Gasteiger charge is 2.20. The topological polar surface area (TPSA) is 57.0 Å². The monoisotopic (exact) mass is 319 g/mol. The van der Waals surface area contributed by atoms with Crippen LogP contribution in [0.15, 0.2) is 54.7 Å². The quantitative estimate of drug-likeness (QED) is 0.757. The Hall–Kier alpha value is -2.93. The van der Waals surface area contributed by atoms with Gasteiger partial charge in [-0.25, -0.2) is 0 Å². The molecule has 4 nitrogen and oxygen atoms in total. The maximum absolute atomic E-state index is 12.5. The van der Waals surface area contributed by atoms with E-state index in [1.54, 1.807) is 30.3 Å². The predicted molar refractivity (Wildman–Crippen MR) is 94.8 cm³/mol. The minimum Gasteiger partial charge on any atom is -0.334 e. The van der Waals surface area contributed by atoms with Crippen molar-refractivity contribution in [3.63, 3.8) is 0 Å². The Balaban J connectivity index is 2.18. The molecule has 0 fully saturated rings. The van der Waals surface area contributed by atoms with E-state index in [2.05, 4.69) is 18.0 Å². The first kappa shape index (κ1) is 17.4. The van der Waals surface area contributed by atoms with E-state index in [1.807, 2.05) is 36.4 Å². The number of pyridine rings is 1. The normalized spacial score (nSPS) is 11.9. The number of carbonyl (C=O) groups excluding carboxylic acids is 1. The van der Waals surface area contributed by atoms with Crippen molar-refractivity contribution in [2.75, 3.05) is 7.05 Å². The zero-order chi connectivity index (χ0) is 17.4. The second-order valence-electron chi connectivity index (χ2n) is 5.54. The summed E-state index contributed by atoms with van der Waals surface area (Å²) >= 11 is 0. The largest absolute Gasteiger partial charge is 0.334 e. The third-order valence-corrected chi connectivity index (χ3v) is 3.89. The third-order valence-electron chi connectivity index (χ3n) is 3.89. The van der Waals surface area contributed by atoms with E-state index in [4.69, 9.17) is 5.26 Å². The summed E-state index contributed by atoms with van der Waals surface area (Å²) in [6.07, 6.45) is 6.76. The van der Waals surface area contributed by atoms with Crippen molar-refractivity contribution < 1.29 is 4.79 Å². The Morgan fingerprint density at radius 2 is 2.04 bits per heavy atom. The Kier molecular flexibility index (Phi) is 6.27. The summed E-state index contributed by atoms with van der Waals surface area (Å²) in [6.45, 7) is 2.09. The average Bonchev–Trinajstić information content (AvgIpc) is 2.64. The van der Waals surface area contributed by atoms with E-state index in [9.17, 15) is 4.79 Å². The standard InChI is InChI=1S/C20H21N3O/c1-3-8-19(18-11-6-7-14-22-18)23(2)20(24)13-12-16-9-4-5-10-17(16)15-21/h4-7,9-14,19H,3,8H2,1-2H3/b13-12+. The maximum Gasteiger partial charge on any atom is 0.246 e. The molecule has 0 aliphatic heterocycles. The minimum absolute atomic E-state index is 0.0560. The van der Waals surface area contributed by atoms with E-state index < -0.39 is 0 Å². The van der Waals surface area contributed by atoms with Crippen molar-refractivity contribution in [1.29, 1.82) is 5.26 Å². The molecule has 1 heterocycles. The number of rotatable bonds is 6. The fraction of sp³-hybridized carbons (Fsp3) is 0.250. The summed E-state index contributed by atoms with van der Waals surface area (Å²) in [5.41, 5.74) is 2.19. The molecule has 1 aromatic heterocycles. The molecule has 2 rings (SSSR count). The number of aromatic nitrogens is 1. The zero-order valence-electron chi connectivity index (χ0n) is 14.0. The van der Waals surface area contributed by atoms with Crippen LogP contribution in [0.25, 0.3) is 6.08 Å². The molecule has 0 bridgehead atoms. The molecule has 24 heavy (non-hydrogen) atoms. The van der Waals surface area contributed by atoms with Gasteiger partial charge in [-0.15, -0.1) is 0 Å². The van der Waals surface area contributed by atoms with Gasteiger partial charge in [0.1, 0.15) is 0 Å². The van der Waals surface area contributed by atoms with Crippen LogP contribution in [0.1, 0.15) is 42.6 Å². The smallest absolute Gasteiger partial charge is 0.246 e. The Morgan fingerprint density at radius 1 is 1.29 bits per heavy atom. The van der Waals surface area contributed by atoms with Gasteiger partial charge >= 0.3 is 0 Å². The first-order valence-electron chi connectivity index (χ1n) is 8.02. The fourth-order valence-electron chi connectivity index (χ4n) is 2.56. The van der Waals surface area contributed by atoms with Crippen LogP contribution in [0.2, 0.25) is 0 Å². The third kappa shape index (κ3) is 4.30. The number of benzene rings is 1. The fourth-order valence-corrected chi connectivity index (χ4v) is 2.56. The highest BCUT2D eigenvalue weighted by Crippen LogP contribution is 2.23. The molecule has 0 spiro atoms. The van der Waals surface area contributed by atoms with Gasteiger partial charge in [0, 0.05) is 19.3 Å². The molecule has 0 saturated heterocycles. The zero-order valence-corrected chi connectivity index (χ0v) is 14.0. The molecular weight excluding hydrogens is 298 g/mol. The molecule has 0 saturated carbocycles. The Morgan fingerprint density at radius 3 is 2.71 bits per heavy atom. The summed E-state index contributed by atoms with van der Waals surface area (Å²) in [4.78, 5) is 18.6. The number of nitrogens with zero attached hydrogens (tertiary/aromatic N) is 3. The number of nitriles is 1. The molecule has 4 heteroatoms. The van der Waals surface area contributed by atoms with Crippen LogP contribution in [-0.4, -0.2) is 22.8 Å². The van der Waals surface area contributed by atoms with E-state index in [1.165, 1.54) is 6.08 Å². The molecular formula is C20H21N3O. The number of likely N-dealkylation sites (N-methyl/N-ethyl adjacent to an activating group) is 1. The van der Waals surface area contributed by atoms with Crippen molar-refractivity contribution in [2.45, 2.75) is 25.8 Å². The first-order chi connectivity index (χ1) is 11.7. The van der Waals surface area contributed by atoms with E-state index >= 15 is 0 Å². The molecule has 1 atom stereocenters. The summed E-state index contributed by atoms with van der Waals surface area (Å²) < 4.78 is 0. The van der Waals surface area contributed by atoms with E-state index in [-0.39, 0.29) is 11.9 Å². The molecule has 1 unspecified atom stereocenters. The predicted octanol–water partition coefficient (Wildman–Crippen LogP) is 3.97. The molecule has 0 aliphatic rings. The average molecular weight is 319 g/mol. The summed E-state index contributed by atoms with van der Waals surface area (Å²) in [5, 5.41) is 9.11. The van der Waals surface area contributed by atoms with E-state index in [0.29, 0.717) is 5.56 Å². The van der Waals surface area contributed by atoms with Gasteiger partial charge in [-0.2, -0.15) is 5.26 Å². The SMILES string of the molecule is CCCC(c1ccccn1)N(C)C(=O)/C=C/c1ccccc1C#N. The van der Waals surface area contributed by atoms with Crippen LogP contribution >= 0.6 is 0 Å². The van der Waals surface area contributed by atoms with Gasteiger partial charge < -0.3 is 4.90 Å². The van der Waals surface area contributed by atoms with Gasteiger partial charge in [-0.3, -0.25) is 9.78 Å². The Bertz CT molecular complexity index is 747. The Labute approximate surface area is 143 Å². The number of hydrogen-bond acceptors (Lipinski definition) is 3. The lowest BCUT2D eigenvalue weighted by atomic mass is 10.1. The van der Waals surface area contributed by atoms with Gasteiger partial charge in [0.15, 0.2) is 0 Å². The second-order valence-corrected chi connectivity index (χ2v) is 5.54. The van der Waals surface area contributed by atoms with Crippen LogP contribution < -0.4 is 0 Å². The highest BCUT2D eigenvalue weighted by molar-refractivity contribution is 5.92. The molecule has 1 aromatic carbocycles. The maximum atomic E-state index is 12.5. The van der Waals surface area contributed by atoms with Gasteiger partial charge in [0.2, 0.25) is 5.91 Å². The number of carbonyl (C=O) groups is 1.